The molecule has 0 unspecified atom stereocenters. The Morgan fingerprint density at radius 1 is 1.40 bits per heavy atom. The number of halogens is 1. The highest BCUT2D eigenvalue weighted by Crippen LogP contribution is 2.33. The maximum atomic E-state index is 13.2. The summed E-state index contributed by atoms with van der Waals surface area (Å²) in [7, 11) is 0. The number of hydrogen-bond donors (Lipinski definition) is 0. The van der Waals surface area contributed by atoms with E-state index in [1.54, 1.807) is 0 Å². The Labute approximate surface area is 164 Å². The fourth-order valence-corrected chi connectivity index (χ4v) is 6.37. The Hall–Kier alpha value is -0.600. The van der Waals surface area contributed by atoms with Crippen molar-refractivity contribution in [3.8, 4) is 9.88 Å². The number of carbonyl (C=O) groups excluding carboxylic acids is 1. The number of amides is 1. The van der Waals surface area contributed by atoms with Gasteiger partial charge in [-0.15, -0.1) is 22.7 Å². The molecule has 25 heavy (non-hydrogen) atoms. The highest BCUT2D eigenvalue weighted by atomic mass is 35.5. The molecule has 2 atom stereocenters. The first-order chi connectivity index (χ1) is 12.2. The summed E-state index contributed by atoms with van der Waals surface area (Å²) in [5.41, 5.74) is 0.541. The second-order valence-corrected chi connectivity index (χ2v) is 9.97. The van der Waals surface area contributed by atoms with Gasteiger partial charge in [0, 0.05) is 30.3 Å². The maximum absolute atomic E-state index is 13.2. The van der Waals surface area contributed by atoms with Crippen molar-refractivity contribution >= 4 is 51.9 Å². The number of thioether (sulfide) groups is 1. The molecule has 0 N–H and O–H groups in total. The molecule has 0 bridgehead atoms. The van der Waals surface area contributed by atoms with Crippen molar-refractivity contribution in [2.24, 2.45) is 0 Å². The van der Waals surface area contributed by atoms with E-state index in [0.717, 1.165) is 51.6 Å². The van der Waals surface area contributed by atoms with Gasteiger partial charge in [0.2, 0.25) is 0 Å². The second-order valence-electron chi connectivity index (χ2n) is 6.25. The molecule has 2 aliphatic rings. The Morgan fingerprint density at radius 3 is 3.00 bits per heavy atom. The highest BCUT2D eigenvalue weighted by Gasteiger charge is 2.32. The quantitative estimate of drug-likeness (QED) is 0.714. The minimum Gasteiger partial charge on any atom is -0.376 e. The van der Waals surface area contributed by atoms with E-state index in [1.807, 2.05) is 34.2 Å². The topological polar surface area (TPSA) is 42.4 Å². The van der Waals surface area contributed by atoms with Crippen LogP contribution in [0.4, 0.5) is 0 Å². The van der Waals surface area contributed by atoms with Crippen LogP contribution in [0.5, 0.6) is 0 Å². The Balaban J connectivity index is 1.53. The predicted molar refractivity (Wildman–Crippen MR) is 106 cm³/mol. The summed E-state index contributed by atoms with van der Waals surface area (Å²) in [5, 5.41) is 2.73. The van der Waals surface area contributed by atoms with Gasteiger partial charge in [0.15, 0.2) is 0 Å². The number of thiazole rings is 1. The van der Waals surface area contributed by atoms with Crippen molar-refractivity contribution in [2.45, 2.75) is 31.4 Å². The molecule has 4 heterocycles. The van der Waals surface area contributed by atoms with Crippen LogP contribution in [0.25, 0.3) is 9.88 Å². The first kappa shape index (κ1) is 17.8. The number of nitrogens with zero attached hydrogens (tertiary/aromatic N) is 2. The lowest BCUT2D eigenvalue weighted by molar-refractivity contribution is 0.0438. The molecule has 0 saturated carbocycles. The molecule has 2 aromatic heterocycles. The lowest BCUT2D eigenvalue weighted by Crippen LogP contribution is -2.44. The molecule has 2 aliphatic heterocycles. The predicted octanol–water partition coefficient (Wildman–Crippen LogP) is 4.65. The zero-order valence-corrected chi connectivity index (χ0v) is 16.9. The molecular formula is C17H19ClN2O2S3. The molecule has 2 saturated heterocycles. The second kappa shape index (κ2) is 7.96. The Kier molecular flexibility index (Phi) is 5.67. The van der Waals surface area contributed by atoms with Crippen LogP contribution in [0.15, 0.2) is 17.5 Å². The van der Waals surface area contributed by atoms with Crippen molar-refractivity contribution < 1.29 is 9.53 Å². The molecule has 1 amide bonds. The molecule has 8 heteroatoms. The van der Waals surface area contributed by atoms with E-state index in [2.05, 4.69) is 4.98 Å². The van der Waals surface area contributed by atoms with E-state index >= 15 is 0 Å². The smallest absolute Gasteiger partial charge is 0.273 e. The van der Waals surface area contributed by atoms with Gasteiger partial charge in [-0.05, 0) is 37.1 Å². The van der Waals surface area contributed by atoms with Crippen molar-refractivity contribution in [3.05, 3.63) is 27.5 Å². The minimum atomic E-state index is 0.0353. The summed E-state index contributed by atoms with van der Waals surface area (Å²) in [6.07, 6.45) is 3.36. The average Bonchev–Trinajstić information content (AvgIpc) is 3.39. The monoisotopic (exact) mass is 414 g/mol. The number of hydrogen-bond acceptors (Lipinski definition) is 6. The Morgan fingerprint density at radius 2 is 2.32 bits per heavy atom. The first-order valence-electron chi connectivity index (χ1n) is 8.42. The van der Waals surface area contributed by atoms with E-state index in [4.69, 9.17) is 16.3 Å². The lowest BCUT2D eigenvalue weighted by atomic mass is 10.1. The number of aromatic nitrogens is 1. The standard InChI is InChI=1S/C17H19ClN2O2S3/c18-15-4-3-14(25-15)16-19-13(10-24-16)17(21)20(11-5-7-23-9-11)8-12-2-1-6-22-12/h3-4,10-12H,1-2,5-9H2/t11-,12-/m0/s1. The van der Waals surface area contributed by atoms with Crippen LogP contribution < -0.4 is 0 Å². The minimum absolute atomic E-state index is 0.0353. The van der Waals surface area contributed by atoms with Gasteiger partial charge in [-0.2, -0.15) is 11.8 Å². The van der Waals surface area contributed by atoms with Crippen LogP contribution in [0, 0.1) is 0 Å². The van der Waals surface area contributed by atoms with Crippen LogP contribution in [0.3, 0.4) is 0 Å². The van der Waals surface area contributed by atoms with Gasteiger partial charge in [-0.25, -0.2) is 4.98 Å². The van der Waals surface area contributed by atoms with Crippen LogP contribution in [-0.4, -0.2) is 52.6 Å². The van der Waals surface area contributed by atoms with Gasteiger partial charge in [-0.1, -0.05) is 11.6 Å². The van der Waals surface area contributed by atoms with Crippen molar-refractivity contribution in [1.29, 1.82) is 0 Å². The van der Waals surface area contributed by atoms with Gasteiger partial charge >= 0.3 is 0 Å². The molecule has 2 aromatic rings. The van der Waals surface area contributed by atoms with Crippen molar-refractivity contribution in [1.82, 2.24) is 9.88 Å². The summed E-state index contributed by atoms with van der Waals surface area (Å²) in [6, 6.07) is 4.12. The van der Waals surface area contributed by atoms with E-state index in [0.29, 0.717) is 18.3 Å². The molecule has 4 nitrogen and oxygen atoms in total. The molecule has 2 fully saturated rings. The van der Waals surface area contributed by atoms with Crippen molar-refractivity contribution in [2.75, 3.05) is 24.7 Å². The maximum Gasteiger partial charge on any atom is 0.273 e. The molecule has 0 spiro atoms. The summed E-state index contributed by atoms with van der Waals surface area (Å²) >= 11 is 10.9. The summed E-state index contributed by atoms with van der Waals surface area (Å²) < 4.78 is 6.51. The van der Waals surface area contributed by atoms with E-state index in [-0.39, 0.29) is 12.0 Å². The zero-order valence-electron chi connectivity index (χ0n) is 13.7. The van der Waals surface area contributed by atoms with Gasteiger partial charge < -0.3 is 9.64 Å². The highest BCUT2D eigenvalue weighted by molar-refractivity contribution is 7.99. The SMILES string of the molecule is O=C(c1csc(-c2ccc(Cl)s2)n1)N(C[C@@H]1CCCO1)[C@H]1CCSC1. The third kappa shape index (κ3) is 4.06. The largest absolute Gasteiger partial charge is 0.376 e. The number of rotatable bonds is 5. The molecule has 0 aromatic carbocycles. The van der Waals surface area contributed by atoms with E-state index in [1.165, 1.54) is 22.7 Å². The fourth-order valence-electron chi connectivity index (χ4n) is 3.23. The van der Waals surface area contributed by atoms with Crippen LogP contribution in [0.2, 0.25) is 4.34 Å². The number of carbonyl (C=O) groups is 1. The summed E-state index contributed by atoms with van der Waals surface area (Å²) in [6.45, 7) is 1.49. The van der Waals surface area contributed by atoms with Crippen LogP contribution in [-0.2, 0) is 4.74 Å². The van der Waals surface area contributed by atoms with Crippen LogP contribution in [0.1, 0.15) is 29.8 Å². The number of thiophene rings is 1. The van der Waals surface area contributed by atoms with Gasteiger partial charge in [0.1, 0.15) is 10.7 Å². The first-order valence-corrected chi connectivity index (χ1v) is 11.6. The third-order valence-electron chi connectivity index (χ3n) is 4.54. The van der Waals surface area contributed by atoms with Gasteiger partial charge in [-0.3, -0.25) is 4.79 Å². The zero-order chi connectivity index (χ0) is 17.2. The molecule has 4 rings (SSSR count). The van der Waals surface area contributed by atoms with Crippen molar-refractivity contribution in [3.63, 3.8) is 0 Å². The van der Waals surface area contributed by atoms with Crippen LogP contribution >= 0.6 is 46.0 Å². The lowest BCUT2D eigenvalue weighted by Gasteiger charge is -2.30. The number of ether oxygens (including phenoxy) is 1. The third-order valence-corrected chi connectivity index (χ3v) is 7.93. The summed E-state index contributed by atoms with van der Waals surface area (Å²) in [5.74, 6) is 2.17. The Bertz CT molecular complexity index is 736. The van der Waals surface area contributed by atoms with Gasteiger partial charge in [0.25, 0.3) is 5.91 Å². The van der Waals surface area contributed by atoms with Gasteiger partial charge in [0.05, 0.1) is 15.3 Å². The van der Waals surface area contributed by atoms with E-state index in [9.17, 15) is 4.79 Å². The normalized spacial score (nSPS) is 23.2. The van der Waals surface area contributed by atoms with E-state index < -0.39 is 0 Å². The molecular weight excluding hydrogens is 396 g/mol. The molecule has 0 radical (unpaired) electrons. The molecule has 0 aliphatic carbocycles. The fraction of sp³-hybridized carbons (Fsp3) is 0.529. The molecule has 134 valence electrons. The summed E-state index contributed by atoms with van der Waals surface area (Å²) in [4.78, 5) is 20.8. The average molecular weight is 415 g/mol.